The van der Waals surface area contributed by atoms with Crippen molar-refractivity contribution in [1.82, 2.24) is 14.1 Å². The van der Waals surface area contributed by atoms with Crippen LogP contribution in [0.15, 0.2) is 54.7 Å². The molecule has 3 atom stereocenters. The number of para-hydroxylation sites is 2. The molecule has 2 aliphatic heterocycles. The molecule has 164 valence electrons. The van der Waals surface area contributed by atoms with Gasteiger partial charge >= 0.3 is 0 Å². The van der Waals surface area contributed by atoms with Crippen LogP contribution >= 0.6 is 0 Å². The van der Waals surface area contributed by atoms with E-state index in [1.54, 1.807) is 0 Å². The molecule has 0 saturated carbocycles. The molecular formula is C26H21N3O4. The lowest BCUT2D eigenvalue weighted by Crippen LogP contribution is -2.52. The highest BCUT2D eigenvalue weighted by Crippen LogP contribution is 2.57. The predicted octanol–water partition coefficient (Wildman–Crippen LogP) is 4.42. The van der Waals surface area contributed by atoms with Gasteiger partial charge in [0.1, 0.15) is 11.8 Å². The van der Waals surface area contributed by atoms with E-state index in [9.17, 15) is 15.3 Å². The fourth-order valence-corrected chi connectivity index (χ4v) is 6.60. The Labute approximate surface area is 187 Å². The molecule has 2 bridgehead atoms. The van der Waals surface area contributed by atoms with Crippen molar-refractivity contribution in [2.24, 2.45) is 0 Å². The molecule has 7 nitrogen and oxygen atoms in total. The molecule has 0 spiro atoms. The number of nitrogens with one attached hydrogen (secondary N) is 1. The van der Waals surface area contributed by atoms with Crippen molar-refractivity contribution in [1.29, 1.82) is 0 Å². The normalized spacial score (nSPS) is 26.6. The monoisotopic (exact) mass is 439 g/mol. The maximum atomic E-state index is 11.7. The molecule has 7 heteroatoms. The second-order valence-corrected chi connectivity index (χ2v) is 9.56. The van der Waals surface area contributed by atoms with Gasteiger partial charge in [0.15, 0.2) is 11.6 Å². The van der Waals surface area contributed by atoms with Crippen LogP contribution in [0.1, 0.15) is 19.6 Å². The molecule has 33 heavy (non-hydrogen) atoms. The van der Waals surface area contributed by atoms with Crippen LogP contribution in [0, 0.1) is 0 Å². The van der Waals surface area contributed by atoms with Crippen molar-refractivity contribution < 1.29 is 20.1 Å². The van der Waals surface area contributed by atoms with Crippen LogP contribution in [-0.2, 0) is 10.5 Å². The highest BCUT2D eigenvalue weighted by atomic mass is 16.6. The van der Waals surface area contributed by atoms with Gasteiger partial charge in [-0.3, -0.25) is 0 Å². The van der Waals surface area contributed by atoms with E-state index in [4.69, 9.17) is 4.74 Å². The zero-order valence-corrected chi connectivity index (χ0v) is 17.8. The van der Waals surface area contributed by atoms with Gasteiger partial charge in [-0.05, 0) is 19.1 Å². The van der Waals surface area contributed by atoms with E-state index in [-0.39, 0.29) is 12.3 Å². The lowest BCUT2D eigenvalue weighted by atomic mass is 9.90. The minimum Gasteiger partial charge on any atom is -0.494 e. The van der Waals surface area contributed by atoms with Crippen LogP contribution in [0.2, 0.25) is 0 Å². The summed E-state index contributed by atoms with van der Waals surface area (Å²) in [5, 5.41) is 38.7. The molecule has 3 aromatic carbocycles. The Kier molecular flexibility index (Phi) is 2.91. The number of benzene rings is 3. The van der Waals surface area contributed by atoms with Gasteiger partial charge in [0.25, 0.3) is 0 Å². The SMILES string of the molecule is C[C@]12OC(C[C@@]1(O)CO)n1c3ccccc3c3c4c(O)[nH]cc4c4c5ccccc5n2c4c31. The number of aromatic amines is 1. The Morgan fingerprint density at radius 1 is 0.970 bits per heavy atom. The minimum atomic E-state index is -1.48. The largest absolute Gasteiger partial charge is 0.494 e. The van der Waals surface area contributed by atoms with E-state index in [0.29, 0.717) is 0 Å². The number of aliphatic hydroxyl groups is 2. The second kappa shape index (κ2) is 5.34. The summed E-state index contributed by atoms with van der Waals surface area (Å²) >= 11 is 0. The zero-order valence-electron chi connectivity index (χ0n) is 17.8. The molecule has 1 unspecified atom stereocenters. The number of aliphatic hydroxyl groups excluding tert-OH is 1. The van der Waals surface area contributed by atoms with Gasteiger partial charge in [0.05, 0.1) is 34.1 Å². The van der Waals surface area contributed by atoms with Crippen LogP contribution in [0.3, 0.4) is 0 Å². The summed E-state index contributed by atoms with van der Waals surface area (Å²) in [6, 6.07) is 16.2. The van der Waals surface area contributed by atoms with E-state index in [0.717, 1.165) is 54.4 Å². The number of aromatic nitrogens is 3. The Bertz CT molecular complexity index is 1830. The topological polar surface area (TPSA) is 95.6 Å². The molecule has 0 amide bonds. The smallest absolute Gasteiger partial charge is 0.197 e. The van der Waals surface area contributed by atoms with Crippen molar-refractivity contribution >= 4 is 54.4 Å². The van der Waals surface area contributed by atoms with Gasteiger partial charge in [0.2, 0.25) is 0 Å². The van der Waals surface area contributed by atoms with Gasteiger partial charge in [-0.1, -0.05) is 36.4 Å². The minimum absolute atomic E-state index is 0.139. The van der Waals surface area contributed by atoms with Crippen LogP contribution in [0.4, 0.5) is 0 Å². The average molecular weight is 439 g/mol. The number of H-pyrrole nitrogens is 1. The standard InChI is InChI=1S/C26H21N3O4/c1-25-26(32,12-30)10-18(33-25)28-16-8-4-2-6-13(16)20-21-15(11-27-24(21)31)19-14-7-3-5-9-17(14)29(25)23(19)22(20)28/h2-9,11,18,27,30-32H,10,12H2,1H3/t18?,25-,26+/m0/s1. The van der Waals surface area contributed by atoms with Crippen molar-refractivity contribution in [3.8, 4) is 5.88 Å². The number of hydrogen-bond acceptors (Lipinski definition) is 4. The lowest BCUT2D eigenvalue weighted by molar-refractivity contribution is -0.189. The van der Waals surface area contributed by atoms with Crippen molar-refractivity contribution in [3.63, 3.8) is 0 Å². The van der Waals surface area contributed by atoms with Gasteiger partial charge in [-0.15, -0.1) is 0 Å². The van der Waals surface area contributed by atoms with E-state index >= 15 is 0 Å². The quantitative estimate of drug-likeness (QED) is 0.305. The third-order valence-corrected chi connectivity index (χ3v) is 8.11. The fraction of sp³-hybridized carbons (Fsp3) is 0.231. The first-order valence-corrected chi connectivity index (χ1v) is 11.2. The number of ether oxygens (including phenoxy) is 1. The number of rotatable bonds is 1. The molecule has 4 N–H and O–H groups in total. The lowest BCUT2D eigenvalue weighted by Gasteiger charge is -2.38. The predicted molar refractivity (Wildman–Crippen MR) is 126 cm³/mol. The second-order valence-electron chi connectivity index (χ2n) is 9.56. The molecule has 2 aliphatic rings. The molecule has 1 saturated heterocycles. The van der Waals surface area contributed by atoms with E-state index in [1.165, 1.54) is 0 Å². The first kappa shape index (κ1) is 18.0. The molecule has 0 radical (unpaired) electrons. The Hall–Kier alpha value is -3.52. The number of hydrogen-bond donors (Lipinski definition) is 4. The first-order valence-electron chi connectivity index (χ1n) is 11.2. The highest BCUT2D eigenvalue weighted by molar-refractivity contribution is 6.37. The molecule has 0 aliphatic carbocycles. The van der Waals surface area contributed by atoms with Gasteiger partial charge < -0.3 is 34.2 Å². The third kappa shape index (κ3) is 1.73. The molecular weight excluding hydrogens is 418 g/mol. The van der Waals surface area contributed by atoms with E-state index in [1.807, 2.05) is 49.5 Å². The summed E-state index contributed by atoms with van der Waals surface area (Å²) in [6.07, 6.45) is 1.63. The van der Waals surface area contributed by atoms with Crippen LogP contribution in [0.5, 0.6) is 5.88 Å². The first-order chi connectivity index (χ1) is 16.0. The maximum Gasteiger partial charge on any atom is 0.197 e. The zero-order chi connectivity index (χ0) is 22.3. The Morgan fingerprint density at radius 2 is 1.67 bits per heavy atom. The third-order valence-electron chi connectivity index (χ3n) is 8.11. The molecule has 5 heterocycles. The van der Waals surface area contributed by atoms with E-state index < -0.39 is 24.2 Å². The number of nitrogens with zero attached hydrogens (tertiary/aromatic N) is 2. The number of fused-ring (bicyclic) bond motifs is 13. The van der Waals surface area contributed by atoms with Crippen LogP contribution in [-0.4, -0.2) is 41.6 Å². The van der Waals surface area contributed by atoms with Crippen molar-refractivity contribution in [2.45, 2.75) is 30.9 Å². The van der Waals surface area contributed by atoms with Gasteiger partial charge in [0, 0.05) is 39.5 Å². The van der Waals surface area contributed by atoms with Crippen LogP contribution in [0.25, 0.3) is 54.4 Å². The summed E-state index contributed by atoms with van der Waals surface area (Å²) in [5.74, 6) is 0.139. The average Bonchev–Trinajstić information content (AvgIpc) is 3.51. The fourth-order valence-electron chi connectivity index (χ4n) is 6.60. The number of aromatic hydroxyl groups is 1. The summed E-state index contributed by atoms with van der Waals surface area (Å²) in [4.78, 5) is 3.04. The highest BCUT2D eigenvalue weighted by Gasteiger charge is 2.60. The molecule has 3 aromatic heterocycles. The Morgan fingerprint density at radius 3 is 2.42 bits per heavy atom. The van der Waals surface area contributed by atoms with E-state index in [2.05, 4.69) is 26.3 Å². The van der Waals surface area contributed by atoms with Crippen LogP contribution < -0.4 is 0 Å². The van der Waals surface area contributed by atoms with Crippen molar-refractivity contribution in [3.05, 3.63) is 54.7 Å². The Balaban J connectivity index is 1.81. The summed E-state index contributed by atoms with van der Waals surface area (Å²) < 4.78 is 10.9. The molecule has 8 rings (SSSR count). The summed E-state index contributed by atoms with van der Waals surface area (Å²) in [5.41, 5.74) is 1.12. The maximum absolute atomic E-state index is 11.7. The summed E-state index contributed by atoms with van der Waals surface area (Å²) in [7, 11) is 0. The molecule has 6 aromatic rings. The van der Waals surface area contributed by atoms with Gasteiger partial charge in [-0.2, -0.15) is 0 Å². The summed E-state index contributed by atoms with van der Waals surface area (Å²) in [6.45, 7) is 1.45. The molecule has 1 fully saturated rings. The van der Waals surface area contributed by atoms with Gasteiger partial charge in [-0.25, -0.2) is 0 Å². The van der Waals surface area contributed by atoms with Crippen molar-refractivity contribution in [2.75, 3.05) is 6.61 Å².